The lowest BCUT2D eigenvalue weighted by molar-refractivity contribution is 0.0577. The minimum atomic E-state index is -0.515. The summed E-state index contributed by atoms with van der Waals surface area (Å²) in [5.74, 6) is 0. The Balaban J connectivity index is 1.89. The van der Waals surface area contributed by atoms with E-state index in [9.17, 15) is 10.1 Å². The second kappa shape index (κ2) is 5.52. The predicted octanol–water partition coefficient (Wildman–Crippen LogP) is 3.71. The van der Waals surface area contributed by atoms with Crippen LogP contribution in [0.3, 0.4) is 0 Å². The summed E-state index contributed by atoms with van der Waals surface area (Å²) in [5.41, 5.74) is 1.65. The molecule has 1 aromatic rings. The molecule has 1 aliphatic carbocycles. The highest BCUT2D eigenvalue weighted by molar-refractivity contribution is 5.89. The number of carbonyl (C=O) groups is 1. The number of anilines is 1. The molecule has 1 saturated carbocycles. The van der Waals surface area contributed by atoms with E-state index in [4.69, 9.17) is 9.72 Å². The van der Waals surface area contributed by atoms with E-state index < -0.39 is 11.0 Å². The zero-order valence-electron chi connectivity index (χ0n) is 14.1. The third-order valence-electron chi connectivity index (χ3n) is 4.56. The second-order valence-corrected chi connectivity index (χ2v) is 7.45. The third kappa shape index (κ3) is 2.90. The van der Waals surface area contributed by atoms with Gasteiger partial charge in [-0.1, -0.05) is 0 Å². The lowest BCUT2D eigenvalue weighted by Gasteiger charge is -2.36. The van der Waals surface area contributed by atoms with Crippen LogP contribution >= 0.6 is 0 Å². The molecule has 1 aromatic heterocycles. The lowest BCUT2D eigenvalue weighted by atomic mass is 9.67. The predicted molar refractivity (Wildman–Crippen MR) is 87.3 cm³/mol. The van der Waals surface area contributed by atoms with Gasteiger partial charge in [0, 0.05) is 6.54 Å². The van der Waals surface area contributed by atoms with Crippen molar-refractivity contribution in [2.24, 2.45) is 0 Å². The Morgan fingerprint density at radius 2 is 2.09 bits per heavy atom. The first-order valence-electron chi connectivity index (χ1n) is 8.27. The number of ether oxygens (including phenoxy) is 1. The monoisotopic (exact) mass is 313 g/mol. The average Bonchev–Trinajstić information content (AvgIpc) is 2.44. The van der Waals surface area contributed by atoms with Gasteiger partial charge in [-0.15, -0.1) is 0 Å². The molecule has 0 saturated heterocycles. The first-order chi connectivity index (χ1) is 10.8. The molecule has 0 N–H and O–H groups in total. The van der Waals surface area contributed by atoms with Gasteiger partial charge in [0.2, 0.25) is 0 Å². The van der Waals surface area contributed by atoms with E-state index in [1.807, 2.05) is 32.9 Å². The average molecular weight is 313 g/mol. The van der Waals surface area contributed by atoms with Crippen molar-refractivity contribution in [3.05, 3.63) is 23.5 Å². The van der Waals surface area contributed by atoms with Gasteiger partial charge < -0.3 is 4.74 Å². The van der Waals surface area contributed by atoms with Gasteiger partial charge in [-0.05, 0) is 65.0 Å². The molecule has 0 unspecified atom stereocenters. The number of aryl methyl sites for hydroxylation is 1. The van der Waals surface area contributed by atoms with Crippen LogP contribution in [0.1, 0.15) is 57.8 Å². The molecule has 3 rings (SSSR count). The molecule has 2 aliphatic rings. The topological polar surface area (TPSA) is 66.2 Å². The number of hydrogen-bond acceptors (Lipinski definition) is 4. The molecular formula is C18H23N3O2. The summed E-state index contributed by atoms with van der Waals surface area (Å²) >= 11 is 0. The van der Waals surface area contributed by atoms with Crippen molar-refractivity contribution in [1.29, 1.82) is 5.26 Å². The van der Waals surface area contributed by atoms with Crippen molar-refractivity contribution >= 4 is 11.8 Å². The molecule has 5 nitrogen and oxygen atoms in total. The Kier molecular flexibility index (Phi) is 3.79. The molecule has 5 heteroatoms. The fourth-order valence-electron chi connectivity index (χ4n) is 3.18. The van der Waals surface area contributed by atoms with Gasteiger partial charge in [-0.3, -0.25) is 9.88 Å². The van der Waals surface area contributed by atoms with Gasteiger partial charge in [0.25, 0.3) is 0 Å². The third-order valence-corrected chi connectivity index (χ3v) is 4.56. The summed E-state index contributed by atoms with van der Waals surface area (Å²) in [4.78, 5) is 18.8. The van der Waals surface area contributed by atoms with Crippen molar-refractivity contribution in [1.82, 2.24) is 4.98 Å². The highest BCUT2D eigenvalue weighted by Gasteiger charge is 2.41. The fraction of sp³-hybridized carbons (Fsp3) is 0.611. The van der Waals surface area contributed by atoms with E-state index in [1.165, 1.54) is 0 Å². The van der Waals surface area contributed by atoms with Crippen molar-refractivity contribution < 1.29 is 9.53 Å². The van der Waals surface area contributed by atoms with E-state index in [2.05, 4.69) is 6.07 Å². The molecule has 1 fully saturated rings. The molecule has 0 atom stereocenters. The fourth-order valence-corrected chi connectivity index (χ4v) is 3.18. The van der Waals surface area contributed by atoms with Gasteiger partial charge in [-0.2, -0.15) is 5.26 Å². The van der Waals surface area contributed by atoms with Crippen LogP contribution in [0.5, 0.6) is 0 Å². The summed E-state index contributed by atoms with van der Waals surface area (Å²) in [6.45, 7) is 6.24. The van der Waals surface area contributed by atoms with Gasteiger partial charge in [-0.25, -0.2) is 4.79 Å². The minimum absolute atomic E-state index is 0.327. The zero-order chi connectivity index (χ0) is 16.7. The van der Waals surface area contributed by atoms with Crippen molar-refractivity contribution in [3.8, 4) is 6.07 Å². The maximum atomic E-state index is 12.4. The molecular weight excluding hydrogens is 290 g/mol. The SMILES string of the molecule is CC(C)(C)OC(=O)N1CCCc2nc(C3(C#N)CCC3)ccc21. The minimum Gasteiger partial charge on any atom is -0.443 e. The number of nitrogens with zero attached hydrogens (tertiary/aromatic N) is 3. The van der Waals surface area contributed by atoms with Crippen molar-refractivity contribution in [3.63, 3.8) is 0 Å². The maximum Gasteiger partial charge on any atom is 0.414 e. The summed E-state index contributed by atoms with van der Waals surface area (Å²) < 4.78 is 5.49. The van der Waals surface area contributed by atoms with Crippen LogP contribution < -0.4 is 4.90 Å². The van der Waals surface area contributed by atoms with Gasteiger partial charge in [0.15, 0.2) is 0 Å². The van der Waals surface area contributed by atoms with E-state index in [1.54, 1.807) is 4.90 Å². The number of carbonyl (C=O) groups excluding carboxylic acids is 1. The van der Waals surface area contributed by atoms with Crippen LogP contribution in [0, 0.1) is 11.3 Å². The van der Waals surface area contributed by atoms with E-state index >= 15 is 0 Å². The first-order valence-corrected chi connectivity index (χ1v) is 8.27. The van der Waals surface area contributed by atoms with E-state index in [-0.39, 0.29) is 6.09 Å². The number of aromatic nitrogens is 1. The van der Waals surface area contributed by atoms with Crippen molar-refractivity contribution in [2.75, 3.05) is 11.4 Å². The molecule has 122 valence electrons. The molecule has 0 aromatic carbocycles. The number of hydrogen-bond donors (Lipinski definition) is 0. The summed E-state index contributed by atoms with van der Waals surface area (Å²) in [6, 6.07) is 6.27. The standard InChI is InChI=1S/C18H23N3O2/c1-17(2,3)23-16(22)21-11-4-6-13-14(21)7-8-15(20-13)18(12-19)9-5-10-18/h7-8H,4-6,9-11H2,1-3H3. The zero-order valence-corrected chi connectivity index (χ0v) is 14.1. The van der Waals surface area contributed by atoms with E-state index in [0.29, 0.717) is 6.54 Å². The van der Waals surface area contributed by atoms with Crippen LogP contribution in [0.25, 0.3) is 0 Å². The number of amides is 1. The number of rotatable bonds is 1. The van der Waals surface area contributed by atoms with Crippen LogP contribution in [0.2, 0.25) is 0 Å². The first kappa shape index (κ1) is 15.8. The molecule has 0 bridgehead atoms. The summed E-state index contributed by atoms with van der Waals surface area (Å²) in [6.07, 6.45) is 4.21. The highest BCUT2D eigenvalue weighted by atomic mass is 16.6. The van der Waals surface area contributed by atoms with Gasteiger partial charge in [0.05, 0.1) is 28.6 Å². The Labute approximate surface area is 137 Å². The van der Waals surface area contributed by atoms with Crippen LogP contribution in [-0.4, -0.2) is 23.2 Å². The lowest BCUT2D eigenvalue weighted by Crippen LogP contribution is -2.40. The smallest absolute Gasteiger partial charge is 0.414 e. The van der Waals surface area contributed by atoms with Crippen LogP contribution in [0.15, 0.2) is 12.1 Å². The van der Waals surface area contributed by atoms with Crippen molar-refractivity contribution in [2.45, 2.75) is 63.9 Å². The molecule has 1 amide bonds. The number of fused-ring (bicyclic) bond motifs is 1. The van der Waals surface area contributed by atoms with Crippen LogP contribution in [-0.2, 0) is 16.6 Å². The Bertz CT molecular complexity index is 666. The highest BCUT2D eigenvalue weighted by Crippen LogP contribution is 2.43. The Morgan fingerprint density at radius 3 is 2.65 bits per heavy atom. The molecule has 0 radical (unpaired) electrons. The van der Waals surface area contributed by atoms with E-state index in [0.717, 1.165) is 49.2 Å². The normalized spacial score (nSPS) is 19.3. The Morgan fingerprint density at radius 1 is 1.35 bits per heavy atom. The number of pyridine rings is 1. The largest absolute Gasteiger partial charge is 0.443 e. The second-order valence-electron chi connectivity index (χ2n) is 7.45. The molecule has 23 heavy (non-hydrogen) atoms. The quantitative estimate of drug-likeness (QED) is 0.792. The molecule has 1 aliphatic heterocycles. The van der Waals surface area contributed by atoms with Crippen LogP contribution in [0.4, 0.5) is 10.5 Å². The molecule has 2 heterocycles. The molecule has 0 spiro atoms. The number of nitriles is 1. The van der Waals surface area contributed by atoms with Gasteiger partial charge in [0.1, 0.15) is 5.60 Å². The summed E-state index contributed by atoms with van der Waals surface area (Å²) in [5, 5.41) is 9.49. The maximum absolute atomic E-state index is 12.4. The Hall–Kier alpha value is -2.09. The summed E-state index contributed by atoms with van der Waals surface area (Å²) in [7, 11) is 0. The van der Waals surface area contributed by atoms with Gasteiger partial charge >= 0.3 is 6.09 Å².